The van der Waals surface area contributed by atoms with Crippen molar-refractivity contribution in [1.29, 1.82) is 0 Å². The molecule has 3 rings (SSSR count). The molecule has 0 unspecified atom stereocenters. The number of benzene rings is 1. The van der Waals surface area contributed by atoms with Crippen LogP contribution >= 0.6 is 0 Å². The summed E-state index contributed by atoms with van der Waals surface area (Å²) >= 11 is 0. The van der Waals surface area contributed by atoms with E-state index in [-0.39, 0.29) is 5.91 Å². The third-order valence-electron chi connectivity index (χ3n) is 2.75. The van der Waals surface area contributed by atoms with E-state index in [1.807, 2.05) is 42.6 Å². The van der Waals surface area contributed by atoms with Crippen molar-refractivity contribution in [2.24, 2.45) is 0 Å². The van der Waals surface area contributed by atoms with Crippen LogP contribution in [0.2, 0.25) is 0 Å². The van der Waals surface area contributed by atoms with Crippen molar-refractivity contribution < 1.29 is 4.79 Å². The van der Waals surface area contributed by atoms with Crippen LogP contribution in [0.15, 0.2) is 61.1 Å². The first-order chi connectivity index (χ1) is 9.81. The fourth-order valence-electron chi connectivity index (χ4n) is 1.81. The topological polar surface area (TPSA) is 64.7 Å². The lowest BCUT2D eigenvalue weighted by Crippen LogP contribution is -2.14. The maximum absolute atomic E-state index is 12.0. The van der Waals surface area contributed by atoms with Gasteiger partial charge in [-0.3, -0.25) is 14.2 Å². The summed E-state index contributed by atoms with van der Waals surface area (Å²) < 4.78 is 3.39. The van der Waals surface area contributed by atoms with Crippen LogP contribution in [-0.4, -0.2) is 25.5 Å². The molecule has 2 heterocycles. The minimum absolute atomic E-state index is 0.226. The summed E-state index contributed by atoms with van der Waals surface area (Å²) in [6.07, 6.45) is 5.29. The van der Waals surface area contributed by atoms with Gasteiger partial charge in [-0.05, 0) is 24.3 Å². The highest BCUT2D eigenvalue weighted by atomic mass is 16.1. The smallest absolute Gasteiger partial charge is 0.276 e. The molecule has 0 atom stereocenters. The summed E-state index contributed by atoms with van der Waals surface area (Å²) in [4.78, 5) is 12.0. The summed E-state index contributed by atoms with van der Waals surface area (Å²) in [6.45, 7) is 0.478. The summed E-state index contributed by atoms with van der Waals surface area (Å²) in [5, 5.41) is 11.1. The monoisotopic (exact) mass is 267 g/mol. The quantitative estimate of drug-likeness (QED) is 0.784. The highest BCUT2D eigenvalue weighted by Crippen LogP contribution is 2.07. The van der Waals surface area contributed by atoms with Crippen molar-refractivity contribution in [1.82, 2.24) is 19.6 Å². The minimum atomic E-state index is -0.226. The number of carbonyl (C=O) groups is 1. The lowest BCUT2D eigenvalue weighted by atomic mass is 10.3. The number of amides is 1. The van der Waals surface area contributed by atoms with E-state index in [0.29, 0.717) is 12.4 Å². The first-order valence-corrected chi connectivity index (χ1v) is 6.18. The van der Waals surface area contributed by atoms with E-state index in [9.17, 15) is 4.79 Å². The van der Waals surface area contributed by atoms with Crippen molar-refractivity contribution in [2.45, 2.75) is 6.67 Å². The molecule has 0 bridgehead atoms. The van der Waals surface area contributed by atoms with Crippen LogP contribution in [0, 0.1) is 0 Å². The van der Waals surface area contributed by atoms with Gasteiger partial charge in [0.05, 0.1) is 0 Å². The van der Waals surface area contributed by atoms with Crippen molar-refractivity contribution in [3.05, 3.63) is 66.7 Å². The SMILES string of the molecule is O=C(Nc1ccccc1)c1ccn(Cn2cccn2)n1. The van der Waals surface area contributed by atoms with Gasteiger partial charge in [-0.25, -0.2) is 0 Å². The Morgan fingerprint density at radius 1 is 1.05 bits per heavy atom. The Morgan fingerprint density at radius 2 is 1.90 bits per heavy atom. The Morgan fingerprint density at radius 3 is 2.65 bits per heavy atom. The zero-order chi connectivity index (χ0) is 13.8. The van der Waals surface area contributed by atoms with Gasteiger partial charge >= 0.3 is 0 Å². The molecule has 0 aliphatic heterocycles. The number of hydrogen-bond acceptors (Lipinski definition) is 3. The maximum Gasteiger partial charge on any atom is 0.276 e. The molecule has 6 heteroatoms. The van der Waals surface area contributed by atoms with Crippen LogP contribution in [0.1, 0.15) is 10.5 Å². The molecule has 0 aliphatic rings. The number of aromatic nitrogens is 4. The van der Waals surface area contributed by atoms with Crippen molar-refractivity contribution in [3.63, 3.8) is 0 Å². The molecule has 6 nitrogen and oxygen atoms in total. The van der Waals surface area contributed by atoms with Crippen LogP contribution in [0.4, 0.5) is 5.69 Å². The summed E-state index contributed by atoms with van der Waals surface area (Å²) in [5.74, 6) is -0.226. The normalized spacial score (nSPS) is 10.4. The average Bonchev–Trinajstić information content (AvgIpc) is 3.12. The second kappa shape index (κ2) is 5.40. The predicted molar refractivity (Wildman–Crippen MR) is 74.2 cm³/mol. The standard InChI is InChI=1S/C14H13N5O/c20-14(16-12-5-2-1-3-6-12)13-7-10-19(17-13)11-18-9-4-8-15-18/h1-10H,11H2,(H,16,20). The Labute approximate surface area is 115 Å². The van der Waals surface area contributed by atoms with Crippen LogP contribution in [0.3, 0.4) is 0 Å². The van der Waals surface area contributed by atoms with Gasteiger partial charge in [-0.15, -0.1) is 0 Å². The second-order valence-electron chi connectivity index (χ2n) is 4.25. The largest absolute Gasteiger partial charge is 0.321 e. The highest BCUT2D eigenvalue weighted by Gasteiger charge is 2.09. The van der Waals surface area contributed by atoms with Gasteiger partial charge in [0.1, 0.15) is 6.67 Å². The molecular weight excluding hydrogens is 254 g/mol. The molecule has 1 N–H and O–H groups in total. The number of para-hydroxylation sites is 1. The third-order valence-corrected chi connectivity index (χ3v) is 2.75. The van der Waals surface area contributed by atoms with Gasteiger partial charge in [-0.2, -0.15) is 10.2 Å². The minimum Gasteiger partial charge on any atom is -0.321 e. The molecule has 0 radical (unpaired) electrons. The maximum atomic E-state index is 12.0. The van der Waals surface area contributed by atoms with E-state index in [4.69, 9.17) is 0 Å². The Balaban J connectivity index is 1.68. The number of carbonyl (C=O) groups excluding carboxylic acids is 1. The van der Waals surface area contributed by atoms with Gasteiger partial charge in [0, 0.05) is 24.3 Å². The number of hydrogen-bond donors (Lipinski definition) is 1. The van der Waals surface area contributed by atoms with Crippen LogP contribution < -0.4 is 5.32 Å². The zero-order valence-corrected chi connectivity index (χ0v) is 10.7. The van der Waals surface area contributed by atoms with Gasteiger partial charge in [0.25, 0.3) is 5.91 Å². The van der Waals surface area contributed by atoms with Crippen LogP contribution in [0.25, 0.3) is 0 Å². The Bertz CT molecular complexity index is 687. The number of anilines is 1. The molecule has 1 aromatic carbocycles. The van der Waals surface area contributed by atoms with E-state index >= 15 is 0 Å². The molecular formula is C14H13N5O. The molecule has 0 spiro atoms. The van der Waals surface area contributed by atoms with Crippen molar-refractivity contribution >= 4 is 11.6 Å². The molecule has 100 valence electrons. The lowest BCUT2D eigenvalue weighted by molar-refractivity contribution is 0.102. The fourth-order valence-corrected chi connectivity index (χ4v) is 1.81. The average molecular weight is 267 g/mol. The summed E-state index contributed by atoms with van der Waals surface area (Å²) in [7, 11) is 0. The molecule has 20 heavy (non-hydrogen) atoms. The fraction of sp³-hybridized carbons (Fsp3) is 0.0714. The summed E-state index contributed by atoms with van der Waals surface area (Å²) in [6, 6.07) is 12.8. The highest BCUT2D eigenvalue weighted by molar-refractivity contribution is 6.02. The van der Waals surface area contributed by atoms with Gasteiger partial charge in [0.15, 0.2) is 5.69 Å². The zero-order valence-electron chi connectivity index (χ0n) is 10.7. The molecule has 3 aromatic rings. The first-order valence-electron chi connectivity index (χ1n) is 6.18. The van der Waals surface area contributed by atoms with Crippen molar-refractivity contribution in [3.8, 4) is 0 Å². The number of nitrogens with one attached hydrogen (secondary N) is 1. The predicted octanol–water partition coefficient (Wildman–Crippen LogP) is 1.84. The molecule has 0 saturated carbocycles. The molecule has 0 aliphatic carbocycles. The lowest BCUT2D eigenvalue weighted by Gasteiger charge is -2.03. The Kier molecular flexibility index (Phi) is 3.28. The van der Waals surface area contributed by atoms with E-state index in [2.05, 4.69) is 15.5 Å². The molecule has 2 aromatic heterocycles. The Hall–Kier alpha value is -2.89. The van der Waals surface area contributed by atoms with Gasteiger partial charge in [0.2, 0.25) is 0 Å². The molecule has 0 saturated heterocycles. The second-order valence-corrected chi connectivity index (χ2v) is 4.25. The van der Waals surface area contributed by atoms with E-state index in [1.165, 1.54) is 0 Å². The van der Waals surface area contributed by atoms with Crippen LogP contribution in [0.5, 0.6) is 0 Å². The van der Waals surface area contributed by atoms with E-state index in [0.717, 1.165) is 5.69 Å². The van der Waals surface area contributed by atoms with Gasteiger partial charge in [-0.1, -0.05) is 18.2 Å². The van der Waals surface area contributed by atoms with Crippen LogP contribution in [-0.2, 0) is 6.67 Å². The molecule has 0 fully saturated rings. The number of rotatable bonds is 4. The summed E-state index contributed by atoms with van der Waals surface area (Å²) in [5.41, 5.74) is 1.13. The van der Waals surface area contributed by atoms with Gasteiger partial charge < -0.3 is 5.32 Å². The third kappa shape index (κ3) is 2.74. The number of nitrogens with zero attached hydrogens (tertiary/aromatic N) is 4. The van der Waals surface area contributed by atoms with E-state index in [1.54, 1.807) is 27.8 Å². The molecule has 1 amide bonds. The first kappa shape index (κ1) is 12.2. The van der Waals surface area contributed by atoms with E-state index < -0.39 is 0 Å². The van der Waals surface area contributed by atoms with Crippen molar-refractivity contribution in [2.75, 3.05) is 5.32 Å².